The van der Waals surface area contributed by atoms with Gasteiger partial charge in [-0.15, -0.1) is 0 Å². The first kappa shape index (κ1) is 21.4. The van der Waals surface area contributed by atoms with Crippen LogP contribution in [-0.4, -0.2) is 11.7 Å². The van der Waals surface area contributed by atoms with Crippen molar-refractivity contribution in [1.82, 2.24) is 0 Å². The Balaban J connectivity index is 1.42. The van der Waals surface area contributed by atoms with Crippen molar-refractivity contribution in [2.24, 2.45) is 0 Å². The maximum absolute atomic E-state index is 14.5. The minimum Gasteiger partial charge on any atom is -0.489 e. The van der Waals surface area contributed by atoms with Crippen LogP contribution in [0.4, 0.5) is 13.2 Å². The van der Waals surface area contributed by atoms with Crippen LogP contribution in [0, 0.1) is 17.5 Å². The van der Waals surface area contributed by atoms with Gasteiger partial charge in [0.1, 0.15) is 24.3 Å². The van der Waals surface area contributed by atoms with E-state index in [-0.39, 0.29) is 29.4 Å². The van der Waals surface area contributed by atoms with Gasteiger partial charge in [-0.2, -0.15) is 0 Å². The summed E-state index contributed by atoms with van der Waals surface area (Å²) < 4.78 is 53.6. The molecule has 2 unspecified atom stereocenters. The van der Waals surface area contributed by atoms with Crippen LogP contribution in [0.25, 0.3) is 11.1 Å². The van der Waals surface area contributed by atoms with E-state index in [2.05, 4.69) is 0 Å². The van der Waals surface area contributed by atoms with Crippen molar-refractivity contribution in [2.45, 2.75) is 38.6 Å². The Bertz CT molecular complexity index is 1060. The molecule has 1 N–H and O–H groups in total. The summed E-state index contributed by atoms with van der Waals surface area (Å²) in [6.07, 6.45) is 0.0646. The monoisotopic (exact) mass is 428 g/mol. The molecule has 3 nitrogen and oxygen atoms in total. The summed E-state index contributed by atoms with van der Waals surface area (Å²) in [7, 11) is 0. The van der Waals surface area contributed by atoms with Gasteiger partial charge in [-0.3, -0.25) is 0 Å². The number of aliphatic hydroxyl groups excluding tert-OH is 1. The first-order valence-corrected chi connectivity index (χ1v) is 10.3. The molecule has 1 saturated heterocycles. The second-order valence-corrected chi connectivity index (χ2v) is 7.63. The molecule has 0 amide bonds. The molecule has 6 heteroatoms. The minimum atomic E-state index is -0.891. The smallest absolute Gasteiger partial charge is 0.167 e. The van der Waals surface area contributed by atoms with Crippen molar-refractivity contribution in [3.05, 3.63) is 88.7 Å². The molecule has 162 valence electrons. The average Bonchev–Trinajstić information content (AvgIpc) is 3.60. The highest BCUT2D eigenvalue weighted by molar-refractivity contribution is 5.65. The largest absolute Gasteiger partial charge is 0.489 e. The van der Waals surface area contributed by atoms with Crippen molar-refractivity contribution in [3.63, 3.8) is 0 Å². The lowest BCUT2D eigenvalue weighted by Gasteiger charge is -2.13. The van der Waals surface area contributed by atoms with Gasteiger partial charge in [0.15, 0.2) is 11.6 Å². The summed E-state index contributed by atoms with van der Waals surface area (Å²) in [4.78, 5) is 0. The first-order valence-electron chi connectivity index (χ1n) is 10.3. The molecule has 0 radical (unpaired) electrons. The number of benzene rings is 3. The normalized spacial score (nSPS) is 16.2. The van der Waals surface area contributed by atoms with Crippen LogP contribution >= 0.6 is 0 Å². The molecule has 1 heterocycles. The molecule has 3 aromatic carbocycles. The van der Waals surface area contributed by atoms with Crippen LogP contribution in [0.2, 0.25) is 0 Å². The highest BCUT2D eigenvalue weighted by Gasteiger charge is 2.30. The first-order chi connectivity index (χ1) is 15.0. The highest BCUT2D eigenvalue weighted by atomic mass is 19.2. The molecule has 0 saturated carbocycles. The predicted octanol–water partition coefficient (Wildman–Crippen LogP) is 6.25. The molecule has 4 rings (SSSR count). The zero-order valence-electron chi connectivity index (χ0n) is 17.1. The van der Waals surface area contributed by atoms with E-state index in [0.29, 0.717) is 24.3 Å². The Kier molecular flexibility index (Phi) is 6.30. The third kappa shape index (κ3) is 4.75. The van der Waals surface area contributed by atoms with E-state index in [9.17, 15) is 18.3 Å². The molecular weight excluding hydrogens is 405 g/mol. The maximum atomic E-state index is 14.5. The van der Waals surface area contributed by atoms with E-state index in [1.807, 2.05) is 6.92 Å². The fourth-order valence-electron chi connectivity index (χ4n) is 3.51. The summed E-state index contributed by atoms with van der Waals surface area (Å²) in [5.74, 6) is -1.92. The van der Waals surface area contributed by atoms with Crippen molar-refractivity contribution in [3.8, 4) is 16.9 Å². The van der Waals surface area contributed by atoms with Gasteiger partial charge in [0.05, 0.1) is 12.7 Å². The molecule has 0 aliphatic carbocycles. The average molecular weight is 428 g/mol. The van der Waals surface area contributed by atoms with E-state index in [4.69, 9.17) is 9.47 Å². The number of hydrogen-bond donors (Lipinski definition) is 1. The van der Waals surface area contributed by atoms with Gasteiger partial charge in [0.2, 0.25) is 0 Å². The van der Waals surface area contributed by atoms with Gasteiger partial charge in [0.25, 0.3) is 0 Å². The highest BCUT2D eigenvalue weighted by Crippen LogP contribution is 2.35. The van der Waals surface area contributed by atoms with Gasteiger partial charge in [0, 0.05) is 22.8 Å². The Morgan fingerprint density at radius 1 is 1.03 bits per heavy atom. The number of epoxide rings is 1. The van der Waals surface area contributed by atoms with Gasteiger partial charge in [-0.25, -0.2) is 13.2 Å². The number of ether oxygens (including phenoxy) is 2. The lowest BCUT2D eigenvalue weighted by atomic mass is 10.0. The van der Waals surface area contributed by atoms with Gasteiger partial charge >= 0.3 is 0 Å². The van der Waals surface area contributed by atoms with Crippen LogP contribution in [0.5, 0.6) is 5.75 Å². The fraction of sp³-hybridized carbons (Fsp3) is 0.280. The second-order valence-electron chi connectivity index (χ2n) is 7.63. The third-order valence-corrected chi connectivity index (χ3v) is 5.36. The molecule has 3 aromatic rings. The Morgan fingerprint density at radius 3 is 2.42 bits per heavy atom. The molecule has 1 fully saturated rings. The van der Waals surface area contributed by atoms with Gasteiger partial charge in [-0.1, -0.05) is 49.7 Å². The lowest BCUT2D eigenvalue weighted by Crippen LogP contribution is -2.02. The molecular formula is C25H23F3O3. The second kappa shape index (κ2) is 9.12. The topological polar surface area (TPSA) is 42.0 Å². The van der Waals surface area contributed by atoms with Gasteiger partial charge < -0.3 is 14.6 Å². The third-order valence-electron chi connectivity index (χ3n) is 5.36. The van der Waals surface area contributed by atoms with Crippen molar-refractivity contribution < 1.29 is 27.8 Å². The van der Waals surface area contributed by atoms with E-state index in [1.54, 1.807) is 42.5 Å². The SMILES string of the molecule is CCCC(O)c1ccc(OCc2ccc(-c3ccc(C4CO4)c(F)c3F)cc2)cc1F. The molecule has 0 aromatic heterocycles. The lowest BCUT2D eigenvalue weighted by molar-refractivity contribution is 0.161. The van der Waals surface area contributed by atoms with Crippen LogP contribution in [0.3, 0.4) is 0 Å². The minimum absolute atomic E-state index is 0.178. The van der Waals surface area contributed by atoms with Crippen molar-refractivity contribution in [2.75, 3.05) is 6.61 Å². The zero-order chi connectivity index (χ0) is 22.0. The number of rotatable bonds is 8. The Morgan fingerprint density at radius 2 is 1.77 bits per heavy atom. The summed E-state index contributed by atoms with van der Waals surface area (Å²) in [5.41, 5.74) is 2.02. The summed E-state index contributed by atoms with van der Waals surface area (Å²) in [5, 5.41) is 9.96. The van der Waals surface area contributed by atoms with Crippen LogP contribution in [-0.2, 0) is 11.3 Å². The molecule has 1 aliphatic rings. The Labute approximate surface area is 179 Å². The van der Waals surface area contributed by atoms with Gasteiger partial charge in [-0.05, 0) is 29.7 Å². The fourth-order valence-corrected chi connectivity index (χ4v) is 3.51. The van der Waals surface area contributed by atoms with E-state index in [0.717, 1.165) is 12.0 Å². The van der Waals surface area contributed by atoms with Crippen molar-refractivity contribution in [1.29, 1.82) is 0 Å². The summed E-state index contributed by atoms with van der Waals surface area (Å²) >= 11 is 0. The molecule has 1 aliphatic heterocycles. The van der Waals surface area contributed by atoms with Crippen molar-refractivity contribution >= 4 is 0 Å². The van der Waals surface area contributed by atoms with Crippen LogP contribution < -0.4 is 4.74 Å². The number of hydrogen-bond acceptors (Lipinski definition) is 3. The van der Waals surface area contributed by atoms with E-state index < -0.39 is 23.6 Å². The summed E-state index contributed by atoms with van der Waals surface area (Å²) in [6.45, 7) is 2.52. The van der Waals surface area contributed by atoms with E-state index >= 15 is 0 Å². The van der Waals surface area contributed by atoms with Crippen LogP contribution in [0.1, 0.15) is 48.7 Å². The maximum Gasteiger partial charge on any atom is 0.167 e. The number of aliphatic hydroxyl groups is 1. The zero-order valence-corrected chi connectivity index (χ0v) is 17.1. The quantitative estimate of drug-likeness (QED) is 0.431. The predicted molar refractivity (Wildman–Crippen MR) is 111 cm³/mol. The standard InChI is InChI=1S/C25H23F3O3/c1-2-3-22(29)19-9-8-17(12-21(19)26)30-13-15-4-6-16(7-5-15)18-10-11-20(23-14-31-23)25(28)24(18)27/h4-12,22-23,29H,2-3,13-14H2,1H3. The van der Waals surface area contributed by atoms with E-state index in [1.165, 1.54) is 12.1 Å². The Hall–Kier alpha value is -2.83. The summed E-state index contributed by atoms with van der Waals surface area (Å²) in [6, 6.07) is 14.4. The molecule has 0 spiro atoms. The molecule has 2 atom stereocenters. The molecule has 0 bridgehead atoms. The van der Waals surface area contributed by atoms with Crippen LogP contribution in [0.15, 0.2) is 54.6 Å². The molecule has 31 heavy (non-hydrogen) atoms. The number of halogens is 3.